The smallest absolute Gasteiger partial charge is 0.422 e. The first-order chi connectivity index (χ1) is 15.2. The molecule has 3 rings (SSSR count). The summed E-state index contributed by atoms with van der Waals surface area (Å²) in [5.41, 5.74) is -0.603. The molecule has 0 spiro atoms. The molecule has 0 heterocycles. The molecule has 0 aliphatic carbocycles. The van der Waals surface area contributed by atoms with Gasteiger partial charge in [-0.2, -0.15) is 0 Å². The van der Waals surface area contributed by atoms with E-state index in [-0.39, 0.29) is 0 Å². The summed E-state index contributed by atoms with van der Waals surface area (Å²) in [5.74, 6) is 0. The molecule has 11 nitrogen and oxygen atoms in total. The van der Waals surface area contributed by atoms with Gasteiger partial charge in [0.1, 0.15) is 0 Å². The lowest BCUT2D eigenvalue weighted by Crippen LogP contribution is -2.32. The summed E-state index contributed by atoms with van der Waals surface area (Å²) in [7, 11) is -4.78. The van der Waals surface area contributed by atoms with Crippen LogP contribution < -0.4 is 4.72 Å². The second-order valence-corrected chi connectivity index (χ2v) is 8.03. The van der Waals surface area contributed by atoms with Crippen molar-refractivity contribution in [1.82, 2.24) is 4.72 Å². The molecule has 1 amide bonds. The molecule has 0 fully saturated rings. The molecule has 0 radical (unpaired) electrons. The van der Waals surface area contributed by atoms with Crippen LogP contribution in [0.15, 0.2) is 83.8 Å². The Hall–Kier alpha value is -4.32. The third-order valence-electron chi connectivity index (χ3n) is 4.29. The first-order valence-electron chi connectivity index (χ1n) is 8.95. The molecule has 164 valence electrons. The lowest BCUT2D eigenvalue weighted by molar-refractivity contribution is -0.396. The van der Waals surface area contributed by atoms with Crippen molar-refractivity contribution in [2.24, 2.45) is 0 Å². The lowest BCUT2D eigenvalue weighted by atomic mass is 10.0. The average Bonchev–Trinajstić information content (AvgIpc) is 2.77. The number of non-ortho nitro benzene ring substituents is 1. The van der Waals surface area contributed by atoms with E-state index in [9.17, 15) is 33.4 Å². The third-order valence-corrected chi connectivity index (χ3v) is 5.65. The van der Waals surface area contributed by atoms with Gasteiger partial charge in [0.05, 0.1) is 15.9 Å². The van der Waals surface area contributed by atoms with E-state index in [0.29, 0.717) is 23.3 Å². The van der Waals surface area contributed by atoms with Gasteiger partial charge in [0, 0.05) is 6.07 Å². The fraction of sp³-hybridized carbons (Fsp3) is 0.0500. The summed E-state index contributed by atoms with van der Waals surface area (Å²) in [6.07, 6.45) is -2.34. The first kappa shape index (κ1) is 22.4. The van der Waals surface area contributed by atoms with Gasteiger partial charge in [-0.1, -0.05) is 60.7 Å². The summed E-state index contributed by atoms with van der Waals surface area (Å²) in [6, 6.07) is 19.0. The molecule has 0 saturated heterocycles. The number of ether oxygens (including phenoxy) is 1. The van der Waals surface area contributed by atoms with Crippen LogP contribution in [0, 0.1) is 20.2 Å². The number of carbonyl (C=O) groups is 1. The van der Waals surface area contributed by atoms with Gasteiger partial charge < -0.3 is 4.74 Å². The van der Waals surface area contributed by atoms with Crippen LogP contribution in [-0.2, 0) is 14.8 Å². The molecule has 0 aromatic heterocycles. The number of benzene rings is 3. The Morgan fingerprint density at radius 1 is 0.844 bits per heavy atom. The summed E-state index contributed by atoms with van der Waals surface area (Å²) < 4.78 is 32.2. The zero-order chi connectivity index (χ0) is 23.3. The van der Waals surface area contributed by atoms with Gasteiger partial charge in [0.15, 0.2) is 11.0 Å². The van der Waals surface area contributed by atoms with E-state index < -0.39 is 48.3 Å². The fourth-order valence-corrected chi connectivity index (χ4v) is 3.90. The average molecular weight is 457 g/mol. The van der Waals surface area contributed by atoms with Crippen molar-refractivity contribution >= 4 is 27.5 Å². The maximum absolute atomic E-state index is 12.6. The van der Waals surface area contributed by atoms with Crippen LogP contribution in [0.5, 0.6) is 0 Å². The second-order valence-electron chi connectivity index (χ2n) is 6.38. The van der Waals surface area contributed by atoms with Crippen LogP contribution >= 0.6 is 0 Å². The highest BCUT2D eigenvalue weighted by Gasteiger charge is 2.31. The highest BCUT2D eigenvalue weighted by molar-refractivity contribution is 7.90. The summed E-state index contributed by atoms with van der Waals surface area (Å²) >= 11 is 0. The summed E-state index contributed by atoms with van der Waals surface area (Å²) in [6.45, 7) is 0. The maximum atomic E-state index is 12.6. The van der Waals surface area contributed by atoms with Gasteiger partial charge in [-0.3, -0.25) is 20.2 Å². The predicted octanol–water partition coefficient (Wildman–Crippen LogP) is 3.71. The largest absolute Gasteiger partial charge is 0.436 e. The van der Waals surface area contributed by atoms with Crippen molar-refractivity contribution < 1.29 is 27.8 Å². The van der Waals surface area contributed by atoms with Crippen LogP contribution in [0.3, 0.4) is 0 Å². The van der Waals surface area contributed by atoms with E-state index in [1.54, 1.807) is 65.4 Å². The van der Waals surface area contributed by atoms with Crippen LogP contribution in [0.2, 0.25) is 0 Å². The molecule has 0 bridgehead atoms. The Morgan fingerprint density at radius 3 is 1.84 bits per heavy atom. The maximum Gasteiger partial charge on any atom is 0.422 e. The molecule has 0 aliphatic rings. The predicted molar refractivity (Wildman–Crippen MR) is 111 cm³/mol. The Balaban J connectivity index is 1.90. The standard InChI is InChI=1S/C20H15N3O8S/c24-20(31-19(14-7-3-1-4-8-14)15-9-5-2-6-10-15)21-32(29,30)18-12-11-16(22(25)26)13-17(18)23(27)28/h1-13,19H,(H,21,24). The molecule has 1 N–H and O–H groups in total. The Kier molecular flexibility index (Phi) is 6.45. The van der Waals surface area contributed by atoms with Crippen molar-refractivity contribution in [1.29, 1.82) is 0 Å². The highest BCUT2D eigenvalue weighted by atomic mass is 32.2. The molecular weight excluding hydrogens is 442 g/mol. The van der Waals surface area contributed by atoms with Crippen molar-refractivity contribution in [3.05, 3.63) is 110 Å². The van der Waals surface area contributed by atoms with Crippen molar-refractivity contribution in [3.8, 4) is 0 Å². The van der Waals surface area contributed by atoms with Crippen molar-refractivity contribution in [3.63, 3.8) is 0 Å². The molecule has 0 saturated carbocycles. The number of nitro groups is 2. The normalized spacial score (nSPS) is 11.0. The van der Waals surface area contributed by atoms with Crippen LogP contribution in [0.4, 0.5) is 16.2 Å². The Labute approximate surface area is 181 Å². The minimum Gasteiger partial charge on any atom is -0.436 e. The summed E-state index contributed by atoms with van der Waals surface area (Å²) in [4.78, 5) is 31.6. The summed E-state index contributed by atoms with van der Waals surface area (Å²) in [5, 5.41) is 22.1. The number of nitrogens with one attached hydrogen (secondary N) is 1. The molecule has 0 atom stereocenters. The zero-order valence-corrected chi connectivity index (χ0v) is 17.0. The van der Waals surface area contributed by atoms with E-state index in [4.69, 9.17) is 4.74 Å². The Bertz CT molecular complexity index is 1230. The molecule has 3 aromatic carbocycles. The number of nitro benzene ring substituents is 2. The minimum absolute atomic E-state index is 0.497. The fourth-order valence-electron chi connectivity index (χ4n) is 2.87. The molecule has 12 heteroatoms. The van der Waals surface area contributed by atoms with Gasteiger partial charge in [0.25, 0.3) is 21.4 Å². The van der Waals surface area contributed by atoms with E-state index in [1.807, 2.05) is 0 Å². The molecular formula is C20H15N3O8S. The lowest BCUT2D eigenvalue weighted by Gasteiger charge is -2.19. The van der Waals surface area contributed by atoms with Crippen molar-refractivity contribution in [2.75, 3.05) is 0 Å². The van der Waals surface area contributed by atoms with Crippen LogP contribution in [-0.4, -0.2) is 24.4 Å². The van der Waals surface area contributed by atoms with Gasteiger partial charge in [0.2, 0.25) is 0 Å². The van der Waals surface area contributed by atoms with E-state index in [0.717, 1.165) is 6.07 Å². The van der Waals surface area contributed by atoms with E-state index in [2.05, 4.69) is 0 Å². The van der Waals surface area contributed by atoms with Gasteiger partial charge in [-0.05, 0) is 17.2 Å². The molecule has 0 aliphatic heterocycles. The zero-order valence-electron chi connectivity index (χ0n) is 16.2. The van der Waals surface area contributed by atoms with E-state index >= 15 is 0 Å². The van der Waals surface area contributed by atoms with Crippen LogP contribution in [0.1, 0.15) is 17.2 Å². The number of nitrogens with zero attached hydrogens (tertiary/aromatic N) is 2. The highest BCUT2D eigenvalue weighted by Crippen LogP contribution is 2.29. The minimum atomic E-state index is -4.78. The number of hydrogen-bond acceptors (Lipinski definition) is 8. The number of sulfonamides is 1. The van der Waals surface area contributed by atoms with Gasteiger partial charge >= 0.3 is 6.09 Å². The van der Waals surface area contributed by atoms with Gasteiger partial charge in [-0.25, -0.2) is 17.9 Å². The number of rotatable bonds is 7. The third kappa shape index (κ3) is 5.05. The number of hydrogen-bond donors (Lipinski definition) is 1. The Morgan fingerprint density at radius 2 is 1.38 bits per heavy atom. The molecule has 0 unspecified atom stereocenters. The second kappa shape index (κ2) is 9.22. The molecule has 32 heavy (non-hydrogen) atoms. The van der Waals surface area contributed by atoms with Crippen LogP contribution in [0.25, 0.3) is 0 Å². The van der Waals surface area contributed by atoms with E-state index in [1.165, 1.54) is 0 Å². The topological polar surface area (TPSA) is 159 Å². The molecule has 3 aromatic rings. The first-order valence-corrected chi connectivity index (χ1v) is 10.4. The quantitative estimate of drug-likeness (QED) is 0.415. The van der Waals surface area contributed by atoms with Gasteiger partial charge in [-0.15, -0.1) is 0 Å². The van der Waals surface area contributed by atoms with Crippen molar-refractivity contribution in [2.45, 2.75) is 11.0 Å². The monoisotopic (exact) mass is 457 g/mol. The number of amides is 1. The SMILES string of the molecule is O=C(NS(=O)(=O)c1ccc([N+](=O)[O-])cc1[N+](=O)[O-])OC(c1ccccc1)c1ccccc1. The number of carbonyl (C=O) groups excluding carboxylic acids is 1.